The molecule has 0 unspecified atom stereocenters. The van der Waals surface area contributed by atoms with Gasteiger partial charge in [0.15, 0.2) is 0 Å². The van der Waals surface area contributed by atoms with E-state index in [1.54, 1.807) is 17.8 Å². The fourth-order valence-electron chi connectivity index (χ4n) is 4.59. The van der Waals surface area contributed by atoms with Crippen LogP contribution in [-0.2, 0) is 11.3 Å². The number of nitrogens with zero attached hydrogens (tertiary/aromatic N) is 4. The van der Waals surface area contributed by atoms with Gasteiger partial charge in [-0.1, -0.05) is 18.2 Å². The maximum absolute atomic E-state index is 13.8. The summed E-state index contributed by atoms with van der Waals surface area (Å²) in [7, 11) is 1.77. The highest BCUT2D eigenvalue weighted by atomic mass is 16.5. The zero-order valence-electron chi connectivity index (χ0n) is 20.3. The number of benzene rings is 1. The molecule has 180 valence electrons. The molecule has 0 bridgehead atoms. The number of hydrogen-bond donors (Lipinski definition) is 2. The third-order valence-electron chi connectivity index (χ3n) is 6.43. The smallest absolute Gasteiger partial charge is 0.260 e. The van der Waals surface area contributed by atoms with Crippen molar-refractivity contribution in [2.45, 2.75) is 32.9 Å². The summed E-state index contributed by atoms with van der Waals surface area (Å²) in [4.78, 5) is 27.5. The molecule has 1 atom stereocenters. The van der Waals surface area contributed by atoms with Gasteiger partial charge in [-0.05, 0) is 55.7 Å². The van der Waals surface area contributed by atoms with E-state index in [-0.39, 0.29) is 11.7 Å². The van der Waals surface area contributed by atoms with Gasteiger partial charge < -0.3 is 15.4 Å². The van der Waals surface area contributed by atoms with E-state index in [4.69, 9.17) is 4.74 Å². The van der Waals surface area contributed by atoms with Gasteiger partial charge in [0.05, 0.1) is 18.4 Å². The number of rotatable bonds is 6. The number of aryl methyl sites for hydroxylation is 3. The van der Waals surface area contributed by atoms with Crippen LogP contribution in [0.5, 0.6) is 0 Å². The predicted octanol–water partition coefficient (Wildman–Crippen LogP) is 3.56. The van der Waals surface area contributed by atoms with E-state index < -0.39 is 0 Å². The molecule has 0 spiro atoms. The number of morpholine rings is 1. The molecule has 1 saturated heterocycles. The van der Waals surface area contributed by atoms with Crippen LogP contribution in [-0.4, -0.2) is 52.4 Å². The van der Waals surface area contributed by atoms with Crippen molar-refractivity contribution in [3.63, 3.8) is 0 Å². The number of aromatic nitrogens is 4. The first kappa shape index (κ1) is 23.1. The zero-order chi connectivity index (χ0) is 24.4. The summed E-state index contributed by atoms with van der Waals surface area (Å²) in [6.45, 7) is 6.87. The van der Waals surface area contributed by atoms with Gasteiger partial charge in [-0.2, -0.15) is 4.98 Å². The Morgan fingerprint density at radius 3 is 2.77 bits per heavy atom. The maximum atomic E-state index is 13.8. The van der Waals surface area contributed by atoms with Gasteiger partial charge in [0, 0.05) is 55.1 Å². The average molecular weight is 471 g/mol. The molecule has 5 rings (SSSR count). The first-order valence-electron chi connectivity index (χ1n) is 12.0. The molecule has 8 nitrogen and oxygen atoms in total. The summed E-state index contributed by atoms with van der Waals surface area (Å²) in [6, 6.07) is 14.0. The molecule has 35 heavy (non-hydrogen) atoms. The number of pyridine rings is 2. The van der Waals surface area contributed by atoms with E-state index in [0.29, 0.717) is 30.3 Å². The van der Waals surface area contributed by atoms with Crippen LogP contribution in [0.1, 0.15) is 17.7 Å². The van der Waals surface area contributed by atoms with Gasteiger partial charge in [-0.3, -0.25) is 14.3 Å². The van der Waals surface area contributed by atoms with Gasteiger partial charge >= 0.3 is 0 Å². The van der Waals surface area contributed by atoms with E-state index in [2.05, 4.69) is 31.7 Å². The Bertz CT molecular complexity index is 1430. The summed E-state index contributed by atoms with van der Waals surface area (Å²) in [5, 5.41) is 7.15. The highest BCUT2D eigenvalue weighted by molar-refractivity contribution is 5.83. The summed E-state index contributed by atoms with van der Waals surface area (Å²) in [6.07, 6.45) is 2.57. The van der Waals surface area contributed by atoms with Crippen molar-refractivity contribution in [3.8, 4) is 22.4 Å². The summed E-state index contributed by atoms with van der Waals surface area (Å²) >= 11 is 0. The molecule has 0 radical (unpaired) electrons. The SMILES string of the molecule is CNc1ncc2cc(-c3ccc(-c4cccc(C)n4)cc3C)c(=O)n(CC[C@H]3CNCCO3)c2n1. The number of ether oxygens (including phenoxy) is 1. The molecule has 1 fully saturated rings. The Labute approximate surface area is 204 Å². The summed E-state index contributed by atoms with van der Waals surface area (Å²) in [5.41, 5.74) is 6.04. The van der Waals surface area contributed by atoms with Crippen molar-refractivity contribution in [3.05, 3.63) is 70.3 Å². The van der Waals surface area contributed by atoms with Crippen LogP contribution in [0, 0.1) is 13.8 Å². The molecule has 0 aliphatic carbocycles. The summed E-state index contributed by atoms with van der Waals surface area (Å²) < 4.78 is 7.63. The number of hydrogen-bond acceptors (Lipinski definition) is 7. The van der Waals surface area contributed by atoms with E-state index in [0.717, 1.165) is 53.0 Å². The quantitative estimate of drug-likeness (QED) is 0.445. The van der Waals surface area contributed by atoms with E-state index in [1.165, 1.54) is 0 Å². The lowest BCUT2D eigenvalue weighted by Crippen LogP contribution is -2.39. The second-order valence-corrected chi connectivity index (χ2v) is 8.92. The third kappa shape index (κ3) is 4.80. The minimum atomic E-state index is -0.0634. The molecule has 8 heteroatoms. The minimum absolute atomic E-state index is 0.0634. The van der Waals surface area contributed by atoms with Crippen molar-refractivity contribution in [1.29, 1.82) is 0 Å². The molecular formula is C27H30N6O2. The number of anilines is 1. The van der Waals surface area contributed by atoms with Crippen LogP contribution in [0.4, 0.5) is 5.95 Å². The van der Waals surface area contributed by atoms with Crippen LogP contribution >= 0.6 is 0 Å². The lowest BCUT2D eigenvalue weighted by Gasteiger charge is -2.24. The van der Waals surface area contributed by atoms with Crippen molar-refractivity contribution >= 4 is 17.0 Å². The van der Waals surface area contributed by atoms with Crippen LogP contribution in [0.3, 0.4) is 0 Å². The van der Waals surface area contributed by atoms with Gasteiger partial charge in [-0.15, -0.1) is 0 Å². The first-order valence-corrected chi connectivity index (χ1v) is 12.0. The van der Waals surface area contributed by atoms with Crippen molar-refractivity contribution < 1.29 is 4.74 Å². The first-order chi connectivity index (χ1) is 17.0. The van der Waals surface area contributed by atoms with Gasteiger partial charge in [0.25, 0.3) is 5.56 Å². The van der Waals surface area contributed by atoms with Gasteiger partial charge in [0.1, 0.15) is 5.65 Å². The zero-order valence-corrected chi connectivity index (χ0v) is 20.3. The molecule has 3 aromatic heterocycles. The van der Waals surface area contributed by atoms with Crippen molar-refractivity contribution in [2.75, 3.05) is 32.1 Å². The Hall–Kier alpha value is -3.62. The van der Waals surface area contributed by atoms with E-state index in [1.807, 2.05) is 50.2 Å². The normalized spacial score (nSPS) is 15.9. The molecule has 1 aliphatic heterocycles. The molecule has 4 heterocycles. The van der Waals surface area contributed by atoms with E-state index in [9.17, 15) is 4.79 Å². The second-order valence-electron chi connectivity index (χ2n) is 8.92. The summed E-state index contributed by atoms with van der Waals surface area (Å²) in [5.74, 6) is 0.486. The molecular weight excluding hydrogens is 440 g/mol. The fourth-order valence-corrected chi connectivity index (χ4v) is 4.59. The van der Waals surface area contributed by atoms with Crippen molar-refractivity contribution in [2.24, 2.45) is 0 Å². The molecule has 1 aromatic carbocycles. The average Bonchev–Trinajstić information content (AvgIpc) is 2.88. The molecule has 4 aromatic rings. The highest BCUT2D eigenvalue weighted by Crippen LogP contribution is 2.28. The molecule has 2 N–H and O–H groups in total. The lowest BCUT2D eigenvalue weighted by atomic mass is 9.97. The Kier molecular flexibility index (Phi) is 6.57. The molecule has 0 amide bonds. The topological polar surface area (TPSA) is 94.0 Å². The number of fused-ring (bicyclic) bond motifs is 1. The monoisotopic (exact) mass is 470 g/mol. The van der Waals surface area contributed by atoms with Crippen molar-refractivity contribution in [1.82, 2.24) is 24.8 Å². The largest absolute Gasteiger partial charge is 0.376 e. The van der Waals surface area contributed by atoms with Crippen LogP contribution < -0.4 is 16.2 Å². The minimum Gasteiger partial charge on any atom is -0.376 e. The fraction of sp³-hybridized carbons (Fsp3) is 0.333. The number of nitrogens with one attached hydrogen (secondary N) is 2. The third-order valence-corrected chi connectivity index (χ3v) is 6.43. The Morgan fingerprint density at radius 2 is 2.03 bits per heavy atom. The Morgan fingerprint density at radius 1 is 1.14 bits per heavy atom. The van der Waals surface area contributed by atoms with Gasteiger partial charge in [-0.25, -0.2) is 4.98 Å². The van der Waals surface area contributed by atoms with Crippen LogP contribution in [0.2, 0.25) is 0 Å². The maximum Gasteiger partial charge on any atom is 0.260 e. The molecule has 1 aliphatic rings. The standard InChI is InChI=1S/C27H30N6O2/c1-17-13-19(24-6-4-5-18(2)31-24)7-8-22(17)23-14-20-15-30-27(28-3)32-25(20)33(26(23)34)11-9-21-16-29-10-12-35-21/h4-8,13-15,21,29H,9-12,16H2,1-3H3,(H,28,30,32)/t21-/m0/s1. The predicted molar refractivity (Wildman–Crippen MR) is 139 cm³/mol. The Balaban J connectivity index is 1.58. The van der Waals surface area contributed by atoms with Gasteiger partial charge in [0.2, 0.25) is 5.95 Å². The highest BCUT2D eigenvalue weighted by Gasteiger charge is 2.18. The van der Waals surface area contributed by atoms with Crippen LogP contribution in [0.25, 0.3) is 33.4 Å². The lowest BCUT2D eigenvalue weighted by molar-refractivity contribution is 0.0211. The molecule has 0 saturated carbocycles. The second kappa shape index (κ2) is 9.93. The van der Waals surface area contributed by atoms with Crippen LogP contribution in [0.15, 0.2) is 53.5 Å². The van der Waals surface area contributed by atoms with E-state index >= 15 is 0 Å².